The van der Waals surface area contributed by atoms with Crippen molar-refractivity contribution in [3.63, 3.8) is 0 Å². The van der Waals surface area contributed by atoms with E-state index in [4.69, 9.17) is 4.74 Å². The second-order valence-corrected chi connectivity index (χ2v) is 7.52. The lowest BCUT2D eigenvalue weighted by Crippen LogP contribution is -2.35. The predicted molar refractivity (Wildman–Crippen MR) is 82.7 cm³/mol. The third-order valence-corrected chi connectivity index (χ3v) is 5.10. The van der Waals surface area contributed by atoms with Gasteiger partial charge in [-0.3, -0.25) is 0 Å². The van der Waals surface area contributed by atoms with Gasteiger partial charge in [-0.1, -0.05) is 19.9 Å². The fraction of sp³-hybridized carbons (Fsp3) is 0.600. The average Bonchev–Trinajstić information content (AvgIpc) is 2.89. The van der Waals surface area contributed by atoms with Gasteiger partial charge in [0.2, 0.25) is 10.0 Å². The maximum Gasteiger partial charge on any atom is 0.240 e. The van der Waals surface area contributed by atoms with Gasteiger partial charge in [0.05, 0.1) is 11.5 Å². The molecule has 1 aromatic carbocycles. The van der Waals surface area contributed by atoms with Crippen molar-refractivity contribution in [2.75, 3.05) is 13.2 Å². The summed E-state index contributed by atoms with van der Waals surface area (Å²) in [6, 6.07) is 5.51. The first-order valence-electron chi connectivity index (χ1n) is 7.31. The molecule has 1 aromatic rings. The highest BCUT2D eigenvalue weighted by Gasteiger charge is 2.23. The minimum Gasteiger partial charge on any atom is -0.380 e. The van der Waals surface area contributed by atoms with Gasteiger partial charge >= 0.3 is 0 Å². The molecule has 1 unspecified atom stereocenters. The van der Waals surface area contributed by atoms with E-state index in [9.17, 15) is 8.42 Å². The molecule has 1 saturated heterocycles. The lowest BCUT2D eigenvalue weighted by molar-refractivity contribution is 0.192. The van der Waals surface area contributed by atoms with Gasteiger partial charge in [0.15, 0.2) is 0 Å². The summed E-state index contributed by atoms with van der Waals surface area (Å²) in [6.07, 6.45) is 0.729. The van der Waals surface area contributed by atoms with Crippen LogP contribution in [-0.2, 0) is 21.3 Å². The van der Waals surface area contributed by atoms with Crippen molar-refractivity contribution in [1.82, 2.24) is 10.0 Å². The molecule has 2 rings (SSSR count). The number of aryl methyl sites for hydroxylation is 1. The summed E-state index contributed by atoms with van der Waals surface area (Å²) in [6.45, 7) is 7.86. The van der Waals surface area contributed by atoms with Crippen LogP contribution < -0.4 is 10.0 Å². The normalized spacial score (nSPS) is 19.3. The lowest BCUT2D eigenvalue weighted by atomic mass is 10.1. The minimum atomic E-state index is -3.48. The fourth-order valence-corrected chi connectivity index (χ4v) is 3.54. The third-order valence-electron chi connectivity index (χ3n) is 3.58. The summed E-state index contributed by atoms with van der Waals surface area (Å²) in [5, 5.41) is 3.32. The van der Waals surface area contributed by atoms with Gasteiger partial charge in [0.1, 0.15) is 0 Å². The average molecular weight is 312 g/mol. The number of rotatable bonds is 6. The first-order valence-corrected chi connectivity index (χ1v) is 8.80. The molecule has 1 aliphatic heterocycles. The Bertz CT molecular complexity index is 579. The third kappa shape index (κ3) is 4.51. The molecule has 5 nitrogen and oxygen atoms in total. The van der Waals surface area contributed by atoms with Gasteiger partial charge in [-0.25, -0.2) is 13.1 Å². The highest BCUT2D eigenvalue weighted by molar-refractivity contribution is 7.89. The Morgan fingerprint density at radius 3 is 2.76 bits per heavy atom. The number of benzene rings is 1. The van der Waals surface area contributed by atoms with Crippen molar-refractivity contribution < 1.29 is 13.2 Å². The molecule has 0 spiro atoms. The maximum atomic E-state index is 12.4. The molecule has 21 heavy (non-hydrogen) atoms. The van der Waals surface area contributed by atoms with Crippen LogP contribution in [0.1, 0.15) is 31.4 Å². The molecule has 0 radical (unpaired) electrons. The fourth-order valence-electron chi connectivity index (χ4n) is 2.23. The summed E-state index contributed by atoms with van der Waals surface area (Å²) in [4.78, 5) is 0.320. The first kappa shape index (κ1) is 16.4. The Morgan fingerprint density at radius 2 is 2.14 bits per heavy atom. The van der Waals surface area contributed by atoms with Crippen molar-refractivity contribution in [2.24, 2.45) is 0 Å². The second-order valence-electron chi connectivity index (χ2n) is 5.81. The molecule has 118 valence electrons. The van der Waals surface area contributed by atoms with E-state index in [0.717, 1.165) is 17.5 Å². The minimum absolute atomic E-state index is 0.117. The Hall–Kier alpha value is -0.950. The monoisotopic (exact) mass is 312 g/mol. The van der Waals surface area contributed by atoms with Crippen molar-refractivity contribution in [3.8, 4) is 0 Å². The number of hydrogen-bond donors (Lipinski definition) is 2. The van der Waals surface area contributed by atoms with E-state index in [1.54, 1.807) is 12.1 Å². The van der Waals surface area contributed by atoms with Crippen LogP contribution >= 0.6 is 0 Å². The SMILES string of the molecule is Cc1ccc(S(=O)(=O)NC2CCOC2)cc1CNC(C)C. The predicted octanol–water partition coefficient (Wildman–Crippen LogP) is 1.56. The molecule has 0 amide bonds. The highest BCUT2D eigenvalue weighted by Crippen LogP contribution is 2.17. The van der Waals surface area contributed by atoms with E-state index in [1.807, 2.05) is 13.0 Å². The molecule has 0 saturated carbocycles. The van der Waals surface area contributed by atoms with Gasteiger partial charge in [0, 0.05) is 25.2 Å². The smallest absolute Gasteiger partial charge is 0.240 e. The van der Waals surface area contributed by atoms with Gasteiger partial charge in [-0.15, -0.1) is 0 Å². The molecule has 1 atom stereocenters. The molecular formula is C15H24N2O3S. The maximum absolute atomic E-state index is 12.4. The number of sulfonamides is 1. The Kier molecular flexibility index (Phi) is 5.37. The van der Waals surface area contributed by atoms with Crippen LogP contribution in [0.4, 0.5) is 0 Å². The summed E-state index contributed by atoms with van der Waals surface area (Å²) < 4.78 is 32.7. The van der Waals surface area contributed by atoms with E-state index in [2.05, 4.69) is 23.9 Å². The van der Waals surface area contributed by atoms with Crippen molar-refractivity contribution in [3.05, 3.63) is 29.3 Å². The van der Waals surface area contributed by atoms with Crippen molar-refractivity contribution >= 4 is 10.0 Å². The number of nitrogens with one attached hydrogen (secondary N) is 2. The quantitative estimate of drug-likeness (QED) is 0.836. The zero-order valence-corrected chi connectivity index (χ0v) is 13.7. The zero-order chi connectivity index (χ0) is 15.5. The Morgan fingerprint density at radius 1 is 1.38 bits per heavy atom. The van der Waals surface area contributed by atoms with E-state index >= 15 is 0 Å². The highest BCUT2D eigenvalue weighted by atomic mass is 32.2. The summed E-state index contributed by atoms with van der Waals surface area (Å²) in [5.41, 5.74) is 2.10. The Balaban J connectivity index is 2.16. The summed E-state index contributed by atoms with van der Waals surface area (Å²) >= 11 is 0. The van der Waals surface area contributed by atoms with Crippen LogP contribution in [0.3, 0.4) is 0 Å². The van der Waals surface area contributed by atoms with E-state index in [1.165, 1.54) is 0 Å². The molecule has 0 aliphatic carbocycles. The Labute approximate surface area is 127 Å². The number of ether oxygens (including phenoxy) is 1. The van der Waals surface area contributed by atoms with Gasteiger partial charge < -0.3 is 10.1 Å². The molecule has 0 aromatic heterocycles. The van der Waals surface area contributed by atoms with Gasteiger partial charge in [-0.05, 0) is 36.6 Å². The molecule has 1 heterocycles. The largest absolute Gasteiger partial charge is 0.380 e. The second kappa shape index (κ2) is 6.87. The lowest BCUT2D eigenvalue weighted by Gasteiger charge is -2.14. The van der Waals surface area contributed by atoms with E-state index in [0.29, 0.717) is 30.7 Å². The molecule has 0 bridgehead atoms. The summed E-state index contributed by atoms with van der Waals surface area (Å²) in [5.74, 6) is 0. The summed E-state index contributed by atoms with van der Waals surface area (Å²) in [7, 11) is -3.48. The standard InChI is InChI=1S/C15H24N2O3S/c1-11(2)16-9-13-8-15(5-4-12(13)3)21(18,19)17-14-6-7-20-10-14/h4-5,8,11,14,16-17H,6-7,9-10H2,1-3H3. The molecule has 2 N–H and O–H groups in total. The number of hydrogen-bond acceptors (Lipinski definition) is 4. The van der Waals surface area contributed by atoms with Crippen LogP contribution in [0.2, 0.25) is 0 Å². The van der Waals surface area contributed by atoms with Crippen LogP contribution in [0.5, 0.6) is 0 Å². The molecule has 1 fully saturated rings. The van der Waals surface area contributed by atoms with Crippen molar-refractivity contribution in [2.45, 2.75) is 50.7 Å². The van der Waals surface area contributed by atoms with E-state index < -0.39 is 10.0 Å². The van der Waals surface area contributed by atoms with Crippen LogP contribution in [0, 0.1) is 6.92 Å². The zero-order valence-electron chi connectivity index (χ0n) is 12.8. The molecule has 1 aliphatic rings. The molecular weight excluding hydrogens is 288 g/mol. The van der Waals surface area contributed by atoms with Crippen LogP contribution in [0.15, 0.2) is 23.1 Å². The van der Waals surface area contributed by atoms with Gasteiger partial charge in [0.25, 0.3) is 0 Å². The van der Waals surface area contributed by atoms with Crippen LogP contribution in [-0.4, -0.2) is 33.7 Å². The first-order chi connectivity index (χ1) is 9.88. The topological polar surface area (TPSA) is 67.4 Å². The molecule has 6 heteroatoms. The van der Waals surface area contributed by atoms with E-state index in [-0.39, 0.29) is 6.04 Å². The van der Waals surface area contributed by atoms with Crippen LogP contribution in [0.25, 0.3) is 0 Å². The van der Waals surface area contributed by atoms with Gasteiger partial charge in [-0.2, -0.15) is 0 Å². The van der Waals surface area contributed by atoms with Crippen molar-refractivity contribution in [1.29, 1.82) is 0 Å².